The first-order chi connectivity index (χ1) is 15.5. The number of morpholine rings is 1. The van der Waals surface area contributed by atoms with Crippen LogP contribution in [0.1, 0.15) is 9.80 Å². The van der Waals surface area contributed by atoms with Crippen molar-refractivity contribution in [3.05, 3.63) is 65.2 Å². The van der Waals surface area contributed by atoms with Crippen molar-refractivity contribution in [2.45, 2.75) is 12.1 Å². The molecule has 1 saturated heterocycles. The van der Waals surface area contributed by atoms with Gasteiger partial charge in [-0.2, -0.15) is 0 Å². The number of hydrazine groups is 1. The topological polar surface area (TPSA) is 91.8 Å². The Balaban J connectivity index is 1.29. The van der Waals surface area contributed by atoms with Crippen LogP contribution in [0.3, 0.4) is 0 Å². The van der Waals surface area contributed by atoms with Crippen molar-refractivity contribution in [3.63, 3.8) is 0 Å². The van der Waals surface area contributed by atoms with Crippen molar-refractivity contribution in [1.82, 2.24) is 20.3 Å². The first-order valence-electron chi connectivity index (χ1n) is 10.1. The lowest BCUT2D eigenvalue weighted by Crippen LogP contribution is -2.55. The van der Waals surface area contributed by atoms with Crippen molar-refractivity contribution < 1.29 is 23.5 Å². The van der Waals surface area contributed by atoms with Crippen molar-refractivity contribution in [3.8, 4) is 10.4 Å². The molecule has 2 atom stereocenters. The van der Waals surface area contributed by atoms with E-state index in [2.05, 4.69) is 10.4 Å². The Kier molecular flexibility index (Phi) is 5.41. The van der Waals surface area contributed by atoms with Crippen LogP contribution in [0.5, 0.6) is 0 Å². The van der Waals surface area contributed by atoms with Crippen molar-refractivity contribution in [1.29, 1.82) is 0 Å². The molecule has 0 spiro atoms. The first kappa shape index (κ1) is 20.7. The molecule has 3 aliphatic rings. The van der Waals surface area contributed by atoms with Crippen molar-refractivity contribution in [2.24, 2.45) is 0 Å². The number of thiazole rings is 1. The number of nitrogens with one attached hydrogen (secondary N) is 1. The summed E-state index contributed by atoms with van der Waals surface area (Å²) in [5, 5.41) is 1.89. The van der Waals surface area contributed by atoms with E-state index in [0.717, 1.165) is 11.3 Å². The number of aromatic nitrogens is 1. The largest absolute Gasteiger partial charge is 0.366 e. The maximum absolute atomic E-state index is 14.0. The average Bonchev–Trinajstić information content (AvgIpc) is 3.48. The molecular formula is C22H19FN4O4S. The van der Waals surface area contributed by atoms with E-state index in [0.29, 0.717) is 23.5 Å². The number of Topliss-reactive ketones (excluding diaryl/α,β-unsaturated/α-hetero) is 1. The smallest absolute Gasteiger partial charge is 0.271 e. The van der Waals surface area contributed by atoms with Crippen molar-refractivity contribution in [2.75, 3.05) is 26.2 Å². The van der Waals surface area contributed by atoms with Crippen LogP contribution in [0, 0.1) is 5.82 Å². The molecule has 164 valence electrons. The lowest BCUT2D eigenvalue weighted by molar-refractivity contribution is -0.135. The number of ketones is 2. The van der Waals surface area contributed by atoms with Gasteiger partial charge >= 0.3 is 0 Å². The second kappa shape index (κ2) is 8.38. The molecule has 1 fully saturated rings. The highest BCUT2D eigenvalue weighted by molar-refractivity contribution is 7.17. The number of fused-ring (bicyclic) bond motifs is 1. The maximum Gasteiger partial charge on any atom is 0.271 e. The van der Waals surface area contributed by atoms with Gasteiger partial charge in [0.25, 0.3) is 5.91 Å². The van der Waals surface area contributed by atoms with E-state index in [1.165, 1.54) is 23.2 Å². The number of rotatable bonds is 4. The fraction of sp³-hybridized carbons (Fsp3) is 0.273. The van der Waals surface area contributed by atoms with Crippen LogP contribution >= 0.6 is 11.3 Å². The summed E-state index contributed by atoms with van der Waals surface area (Å²) in [6, 6.07) is 5.90. The van der Waals surface area contributed by atoms with Crippen LogP contribution in [0.2, 0.25) is 0 Å². The van der Waals surface area contributed by atoms with Crippen LogP contribution in [-0.4, -0.2) is 70.8 Å². The minimum Gasteiger partial charge on any atom is -0.366 e. The molecule has 1 N–H and O–H groups in total. The van der Waals surface area contributed by atoms with Gasteiger partial charge in [-0.25, -0.2) is 14.4 Å². The summed E-state index contributed by atoms with van der Waals surface area (Å²) in [5.41, 5.74) is 3.55. The van der Waals surface area contributed by atoms with Gasteiger partial charge < -0.3 is 15.1 Å². The summed E-state index contributed by atoms with van der Waals surface area (Å²) in [5.74, 6) is -1.28. The molecule has 0 radical (unpaired) electrons. The zero-order chi connectivity index (χ0) is 22.2. The first-order valence-corrected chi connectivity index (χ1v) is 10.9. The molecular weight excluding hydrogens is 435 g/mol. The fourth-order valence-electron chi connectivity index (χ4n) is 3.88. The standard InChI is InChI=1S/C22H19FN4O4S/c23-14-5-2-1-4-13(14)19-11-24-21(32-19)20(29)18-12-26(8-9-31-18)22(30)15-10-17(28)16-6-3-7-27(16)25-15/h1-6,10-11,16,18,25H,7-9,12H2/t16?,18-/m0/s1. The Morgan fingerprint density at radius 3 is 2.97 bits per heavy atom. The van der Waals surface area contributed by atoms with E-state index in [-0.39, 0.29) is 53.2 Å². The fourth-order valence-corrected chi connectivity index (χ4v) is 4.81. The monoisotopic (exact) mass is 454 g/mol. The van der Waals surface area contributed by atoms with E-state index in [1.54, 1.807) is 29.3 Å². The predicted molar refractivity (Wildman–Crippen MR) is 114 cm³/mol. The van der Waals surface area contributed by atoms with Crippen LogP contribution in [0.15, 0.2) is 54.4 Å². The third kappa shape index (κ3) is 3.77. The molecule has 1 unspecified atom stereocenters. The minimum atomic E-state index is -0.881. The molecule has 0 saturated carbocycles. The molecule has 0 bridgehead atoms. The summed E-state index contributed by atoms with van der Waals surface area (Å²) < 4.78 is 19.7. The van der Waals surface area contributed by atoms with Gasteiger partial charge in [-0.15, -0.1) is 11.3 Å². The Morgan fingerprint density at radius 2 is 2.12 bits per heavy atom. The normalized spacial score (nSPS) is 23.0. The highest BCUT2D eigenvalue weighted by Gasteiger charge is 2.36. The molecule has 3 aliphatic heterocycles. The van der Waals surface area contributed by atoms with Gasteiger partial charge in [0, 0.05) is 30.9 Å². The van der Waals surface area contributed by atoms with Crippen LogP contribution in [0.4, 0.5) is 4.39 Å². The molecule has 10 heteroatoms. The summed E-state index contributed by atoms with van der Waals surface area (Å²) in [7, 11) is 0. The summed E-state index contributed by atoms with van der Waals surface area (Å²) in [6.07, 6.45) is 5.55. The summed E-state index contributed by atoms with van der Waals surface area (Å²) in [4.78, 5) is 44.4. The average molecular weight is 454 g/mol. The van der Waals surface area contributed by atoms with Gasteiger partial charge in [0.1, 0.15) is 23.7 Å². The molecule has 32 heavy (non-hydrogen) atoms. The maximum atomic E-state index is 14.0. The second-order valence-corrected chi connectivity index (χ2v) is 8.61. The van der Waals surface area contributed by atoms with Crippen molar-refractivity contribution >= 4 is 28.8 Å². The number of carbonyl (C=O) groups is 3. The molecule has 1 aromatic heterocycles. The molecule has 1 amide bonds. The highest BCUT2D eigenvalue weighted by atomic mass is 32.1. The van der Waals surface area contributed by atoms with Crippen LogP contribution in [0.25, 0.3) is 10.4 Å². The second-order valence-electron chi connectivity index (χ2n) is 7.58. The lowest BCUT2D eigenvalue weighted by atomic mass is 10.1. The van der Waals surface area contributed by atoms with E-state index in [9.17, 15) is 18.8 Å². The number of amides is 1. The summed E-state index contributed by atoms with van der Waals surface area (Å²) >= 11 is 1.08. The molecule has 0 aliphatic carbocycles. The number of nitrogens with zero attached hydrogens (tertiary/aromatic N) is 3. The third-order valence-corrected chi connectivity index (χ3v) is 6.58. The van der Waals surface area contributed by atoms with Gasteiger partial charge in [-0.1, -0.05) is 30.4 Å². The quantitative estimate of drug-likeness (QED) is 0.554. The number of halogens is 1. The SMILES string of the molecule is O=C1C=C(C(=O)N2CCO[C@H](C(=O)c3ncc(-c4ccccc4F)s3)C2)NN2CC=CC12. The number of ether oxygens (including phenoxy) is 1. The highest BCUT2D eigenvalue weighted by Crippen LogP contribution is 2.29. The molecule has 1 aromatic carbocycles. The molecule has 4 heterocycles. The predicted octanol–water partition coefficient (Wildman–Crippen LogP) is 1.57. The zero-order valence-electron chi connectivity index (χ0n) is 16.9. The van der Waals surface area contributed by atoms with Gasteiger partial charge in [-0.3, -0.25) is 14.4 Å². The van der Waals surface area contributed by atoms with E-state index >= 15 is 0 Å². The van der Waals surface area contributed by atoms with Crippen LogP contribution < -0.4 is 5.43 Å². The Hall–Kier alpha value is -3.21. The number of hydrogen-bond donors (Lipinski definition) is 1. The lowest BCUT2D eigenvalue weighted by Gasteiger charge is -2.35. The Bertz CT molecular complexity index is 1160. The van der Waals surface area contributed by atoms with Gasteiger partial charge in [0.2, 0.25) is 5.78 Å². The van der Waals surface area contributed by atoms with E-state index in [1.807, 2.05) is 6.08 Å². The van der Waals surface area contributed by atoms with Gasteiger partial charge in [-0.05, 0) is 6.07 Å². The molecule has 2 aromatic rings. The Labute approximate surface area is 186 Å². The van der Waals surface area contributed by atoms with E-state index in [4.69, 9.17) is 4.74 Å². The van der Waals surface area contributed by atoms with Crippen LogP contribution in [-0.2, 0) is 14.3 Å². The molecule has 8 nitrogen and oxygen atoms in total. The number of hydrogen-bond acceptors (Lipinski definition) is 8. The van der Waals surface area contributed by atoms with Gasteiger partial charge in [0.15, 0.2) is 10.8 Å². The number of carbonyl (C=O) groups excluding carboxylic acids is 3. The minimum absolute atomic E-state index is 0.0428. The van der Waals surface area contributed by atoms with E-state index < -0.39 is 6.10 Å². The summed E-state index contributed by atoms with van der Waals surface area (Å²) in [6.45, 7) is 1.06. The zero-order valence-corrected chi connectivity index (χ0v) is 17.7. The van der Waals surface area contributed by atoms with Gasteiger partial charge in [0.05, 0.1) is 18.0 Å². The Morgan fingerprint density at radius 1 is 1.28 bits per heavy atom. The third-order valence-electron chi connectivity index (χ3n) is 5.53. The molecule has 5 rings (SSSR count). The number of benzene rings is 1.